The van der Waals surface area contributed by atoms with Crippen molar-refractivity contribution >= 4 is 32.7 Å². The minimum absolute atomic E-state index is 0.369. The van der Waals surface area contributed by atoms with E-state index in [4.69, 9.17) is 9.47 Å². The van der Waals surface area contributed by atoms with Crippen molar-refractivity contribution < 1.29 is 17.9 Å². The SMILES string of the molecule is COc1cc2[nH]c(N(C)Cc3cccc(NS(=O)(=O)N(C)C)c3)nc(=O)c2c(C)c1OC. The Morgan fingerprint density at radius 1 is 1.12 bits per heavy atom. The minimum Gasteiger partial charge on any atom is -0.493 e. The number of ether oxygens (including phenoxy) is 2. The number of hydrogen-bond donors (Lipinski definition) is 2. The van der Waals surface area contributed by atoms with Crippen molar-refractivity contribution in [3.63, 3.8) is 0 Å². The van der Waals surface area contributed by atoms with Gasteiger partial charge in [-0.15, -0.1) is 0 Å². The van der Waals surface area contributed by atoms with Gasteiger partial charge in [0.05, 0.1) is 30.8 Å². The smallest absolute Gasteiger partial charge is 0.301 e. The Morgan fingerprint density at radius 2 is 1.84 bits per heavy atom. The standard InChI is InChI=1S/C21H27N5O5S/c1-13-18-16(11-17(30-5)19(13)31-6)22-21(23-20(18)27)26(4)12-14-8-7-9-15(10-14)24-32(28,29)25(2)3/h7-11,24H,12H2,1-6H3,(H,22,23,27). The summed E-state index contributed by atoms with van der Waals surface area (Å²) in [6.45, 7) is 2.17. The van der Waals surface area contributed by atoms with Gasteiger partial charge in [-0.25, -0.2) is 0 Å². The fraction of sp³-hybridized carbons (Fsp3) is 0.333. The summed E-state index contributed by atoms with van der Waals surface area (Å²) in [6, 6.07) is 8.73. The number of aromatic amines is 1. The number of aryl methyl sites for hydroxylation is 1. The van der Waals surface area contributed by atoms with Crippen LogP contribution in [-0.4, -0.2) is 58.1 Å². The summed E-state index contributed by atoms with van der Waals surface area (Å²) in [6.07, 6.45) is 0. The zero-order valence-electron chi connectivity index (χ0n) is 18.9. The molecule has 3 aromatic rings. The third kappa shape index (κ3) is 4.63. The predicted molar refractivity (Wildman–Crippen MR) is 125 cm³/mol. The second-order valence-electron chi connectivity index (χ2n) is 7.47. The first-order valence-electron chi connectivity index (χ1n) is 9.73. The van der Waals surface area contributed by atoms with Gasteiger partial charge in [0, 0.05) is 39.3 Å². The Kier molecular flexibility index (Phi) is 6.60. The highest BCUT2D eigenvalue weighted by atomic mass is 32.2. The Bertz CT molecular complexity index is 1300. The maximum Gasteiger partial charge on any atom is 0.301 e. The van der Waals surface area contributed by atoms with Crippen LogP contribution in [-0.2, 0) is 16.8 Å². The van der Waals surface area contributed by atoms with Crippen LogP contribution >= 0.6 is 0 Å². The number of nitrogens with one attached hydrogen (secondary N) is 2. The Balaban J connectivity index is 1.93. The number of hydrogen-bond acceptors (Lipinski definition) is 7. The third-order valence-corrected chi connectivity index (χ3v) is 6.47. The molecule has 3 rings (SSSR count). The van der Waals surface area contributed by atoms with E-state index in [1.807, 2.05) is 6.07 Å². The van der Waals surface area contributed by atoms with Crippen LogP contribution in [0.25, 0.3) is 10.9 Å². The monoisotopic (exact) mass is 461 g/mol. The molecule has 0 bridgehead atoms. The second kappa shape index (κ2) is 9.05. The van der Waals surface area contributed by atoms with Gasteiger partial charge in [-0.3, -0.25) is 9.52 Å². The molecule has 0 radical (unpaired) electrons. The van der Waals surface area contributed by atoms with Crippen molar-refractivity contribution in [2.45, 2.75) is 13.5 Å². The summed E-state index contributed by atoms with van der Waals surface area (Å²) in [5.41, 5.74) is 2.11. The van der Waals surface area contributed by atoms with Crippen LogP contribution in [0, 0.1) is 6.92 Å². The molecule has 1 aromatic heterocycles. The number of benzene rings is 2. The van der Waals surface area contributed by atoms with Crippen molar-refractivity contribution in [2.24, 2.45) is 0 Å². The van der Waals surface area contributed by atoms with Crippen LogP contribution in [0.2, 0.25) is 0 Å². The molecule has 0 atom stereocenters. The molecular formula is C21H27N5O5S. The number of fused-ring (bicyclic) bond motifs is 1. The van der Waals surface area contributed by atoms with E-state index in [-0.39, 0.29) is 5.56 Å². The molecule has 0 saturated heterocycles. The highest BCUT2D eigenvalue weighted by molar-refractivity contribution is 7.90. The van der Waals surface area contributed by atoms with Crippen LogP contribution in [0.3, 0.4) is 0 Å². The van der Waals surface area contributed by atoms with E-state index in [1.165, 1.54) is 28.3 Å². The summed E-state index contributed by atoms with van der Waals surface area (Å²) in [7, 11) is 4.14. The van der Waals surface area contributed by atoms with Gasteiger partial charge in [-0.1, -0.05) is 12.1 Å². The van der Waals surface area contributed by atoms with E-state index in [1.54, 1.807) is 43.1 Å². The minimum atomic E-state index is -3.61. The van der Waals surface area contributed by atoms with Gasteiger partial charge in [0.2, 0.25) is 5.95 Å². The Morgan fingerprint density at radius 3 is 2.47 bits per heavy atom. The average molecular weight is 462 g/mol. The number of anilines is 2. The van der Waals surface area contributed by atoms with Crippen LogP contribution in [0.1, 0.15) is 11.1 Å². The zero-order chi connectivity index (χ0) is 23.6. The Labute approximate surface area is 187 Å². The first-order chi connectivity index (χ1) is 15.1. The van der Waals surface area contributed by atoms with E-state index < -0.39 is 10.2 Å². The van der Waals surface area contributed by atoms with Gasteiger partial charge in [0.25, 0.3) is 5.56 Å². The van der Waals surface area contributed by atoms with E-state index in [9.17, 15) is 13.2 Å². The van der Waals surface area contributed by atoms with Crippen LogP contribution in [0.4, 0.5) is 11.6 Å². The number of nitrogens with zero attached hydrogens (tertiary/aromatic N) is 3. The number of methoxy groups -OCH3 is 2. The average Bonchev–Trinajstić information content (AvgIpc) is 2.72. The first-order valence-corrected chi connectivity index (χ1v) is 11.2. The lowest BCUT2D eigenvalue weighted by Crippen LogP contribution is -2.29. The quantitative estimate of drug-likeness (QED) is 0.528. The van der Waals surface area contributed by atoms with Gasteiger partial charge >= 0.3 is 10.2 Å². The predicted octanol–water partition coefficient (Wildman–Crippen LogP) is 2.10. The van der Waals surface area contributed by atoms with Crippen molar-refractivity contribution in [1.29, 1.82) is 0 Å². The summed E-state index contributed by atoms with van der Waals surface area (Å²) < 4.78 is 38.5. The molecule has 2 N–H and O–H groups in total. The summed E-state index contributed by atoms with van der Waals surface area (Å²) >= 11 is 0. The van der Waals surface area contributed by atoms with Crippen LogP contribution in [0.5, 0.6) is 11.5 Å². The van der Waals surface area contributed by atoms with E-state index in [0.29, 0.717) is 46.1 Å². The maximum absolute atomic E-state index is 12.8. The summed E-state index contributed by atoms with van der Waals surface area (Å²) in [4.78, 5) is 21.9. The van der Waals surface area contributed by atoms with Crippen LogP contribution in [0.15, 0.2) is 35.1 Å². The molecule has 11 heteroatoms. The molecule has 10 nitrogen and oxygen atoms in total. The molecule has 0 fully saturated rings. The van der Waals surface area contributed by atoms with Gasteiger partial charge in [0.15, 0.2) is 11.5 Å². The van der Waals surface area contributed by atoms with Gasteiger partial charge in [-0.2, -0.15) is 17.7 Å². The van der Waals surface area contributed by atoms with Gasteiger partial charge in [0.1, 0.15) is 0 Å². The highest BCUT2D eigenvalue weighted by Crippen LogP contribution is 2.35. The van der Waals surface area contributed by atoms with Crippen molar-refractivity contribution in [1.82, 2.24) is 14.3 Å². The molecule has 0 aliphatic rings. The lowest BCUT2D eigenvalue weighted by molar-refractivity contribution is 0.354. The highest BCUT2D eigenvalue weighted by Gasteiger charge is 2.17. The van der Waals surface area contributed by atoms with Crippen molar-refractivity contribution in [2.75, 3.05) is 45.0 Å². The molecule has 0 saturated carbocycles. The fourth-order valence-electron chi connectivity index (χ4n) is 3.35. The van der Waals surface area contributed by atoms with Gasteiger partial charge < -0.3 is 19.4 Å². The molecular weight excluding hydrogens is 434 g/mol. The molecule has 1 heterocycles. The molecule has 172 valence electrons. The van der Waals surface area contributed by atoms with Crippen molar-refractivity contribution in [3.8, 4) is 11.5 Å². The Hall–Kier alpha value is -3.31. The van der Waals surface area contributed by atoms with Gasteiger partial charge in [-0.05, 0) is 24.6 Å². The third-order valence-electron chi connectivity index (χ3n) is 5.01. The second-order valence-corrected chi connectivity index (χ2v) is 9.36. The molecule has 2 aromatic carbocycles. The fourth-order valence-corrected chi connectivity index (χ4v) is 3.96. The largest absolute Gasteiger partial charge is 0.493 e. The molecule has 0 aliphatic carbocycles. The van der Waals surface area contributed by atoms with E-state index in [2.05, 4.69) is 14.7 Å². The van der Waals surface area contributed by atoms with Crippen molar-refractivity contribution in [3.05, 3.63) is 51.8 Å². The molecule has 32 heavy (non-hydrogen) atoms. The lowest BCUT2D eigenvalue weighted by atomic mass is 10.1. The molecule has 0 unspecified atom stereocenters. The number of rotatable bonds is 8. The number of aromatic nitrogens is 2. The summed E-state index contributed by atoms with van der Waals surface area (Å²) in [5, 5.41) is 0.430. The topological polar surface area (TPSA) is 117 Å². The van der Waals surface area contributed by atoms with Crippen LogP contribution < -0.4 is 24.7 Å². The normalized spacial score (nSPS) is 11.6. The zero-order valence-corrected chi connectivity index (χ0v) is 19.7. The van der Waals surface area contributed by atoms with E-state index in [0.717, 1.165) is 9.87 Å². The molecule has 0 aliphatic heterocycles. The van der Waals surface area contributed by atoms with E-state index >= 15 is 0 Å². The number of H-pyrrole nitrogens is 1. The first kappa shape index (κ1) is 23.4. The molecule has 0 spiro atoms. The maximum atomic E-state index is 12.8. The molecule has 0 amide bonds. The summed E-state index contributed by atoms with van der Waals surface area (Å²) in [5.74, 6) is 1.37. The lowest BCUT2D eigenvalue weighted by Gasteiger charge is -2.20.